The second-order valence-corrected chi connectivity index (χ2v) is 28.1. The van der Waals surface area contributed by atoms with Crippen LogP contribution in [0.4, 0.5) is 0 Å². The molecule has 0 aromatic heterocycles. The number of amides is 1. The summed E-state index contributed by atoms with van der Waals surface area (Å²) in [5.74, 6) is -0.687. The van der Waals surface area contributed by atoms with Crippen LogP contribution in [0.25, 0.3) is 0 Å². The van der Waals surface area contributed by atoms with Crippen molar-refractivity contribution in [3.8, 4) is 0 Å². The van der Waals surface area contributed by atoms with Gasteiger partial charge in [-0.05, 0) is 38.5 Å². The molecule has 1 rings (SSSR count). The van der Waals surface area contributed by atoms with Crippen LogP contribution in [0.5, 0.6) is 0 Å². The molecule has 0 spiro atoms. The highest BCUT2D eigenvalue weighted by molar-refractivity contribution is 5.80. The first-order valence-electron chi connectivity index (χ1n) is 39.6. The summed E-state index contributed by atoms with van der Waals surface area (Å²) in [6, 6.07) is -1.17. The lowest BCUT2D eigenvalue weighted by Gasteiger charge is -2.40. The molecular weight excluding hydrogens is 1110 g/mol. The number of ether oxygens (including phenoxy) is 2. The minimum Gasteiger partial charge on any atom is -0.394 e. The quantitative estimate of drug-likeness (QED) is 0.0215. The summed E-state index contributed by atoms with van der Waals surface area (Å²) in [5.41, 5.74) is 0. The summed E-state index contributed by atoms with van der Waals surface area (Å²) < 4.78 is 11.2. The second-order valence-electron chi connectivity index (χ2n) is 28.1. The average molecular weight is 1270 g/mol. The zero-order chi connectivity index (χ0) is 64.6. The van der Waals surface area contributed by atoms with Crippen molar-refractivity contribution in [1.82, 2.24) is 5.32 Å². The van der Waals surface area contributed by atoms with E-state index in [1.165, 1.54) is 334 Å². The third kappa shape index (κ3) is 53.8. The first kappa shape index (κ1) is 85.9. The highest BCUT2D eigenvalue weighted by atomic mass is 16.7. The predicted octanol–water partition coefficient (Wildman–Crippen LogP) is 20.2. The number of unbranched alkanes of at least 4 members (excludes halogenated alkanes) is 57. The maximum Gasteiger partial charge on any atom is 0.249 e. The van der Waals surface area contributed by atoms with Crippen LogP contribution in [0, 0.1) is 0 Å². The number of nitrogens with one attached hydrogen (secondary N) is 1. The molecule has 1 amide bonds. The first-order valence-corrected chi connectivity index (χ1v) is 39.6. The summed E-state index contributed by atoms with van der Waals surface area (Å²) >= 11 is 0. The lowest BCUT2D eigenvalue weighted by Crippen LogP contribution is -2.60. The van der Waals surface area contributed by atoms with E-state index in [0.29, 0.717) is 19.3 Å². The molecule has 9 unspecified atom stereocenters. The van der Waals surface area contributed by atoms with Crippen molar-refractivity contribution in [2.75, 3.05) is 13.2 Å². The Bertz CT molecular complexity index is 1450. The Morgan fingerprint density at radius 1 is 0.382 bits per heavy atom. The van der Waals surface area contributed by atoms with Gasteiger partial charge >= 0.3 is 0 Å². The molecule has 0 aromatic carbocycles. The third-order valence-corrected chi connectivity index (χ3v) is 19.6. The molecule has 9 atom stereocenters. The van der Waals surface area contributed by atoms with Gasteiger partial charge in [0, 0.05) is 0 Å². The molecule has 1 aliphatic heterocycles. The van der Waals surface area contributed by atoms with Crippen LogP contribution < -0.4 is 5.32 Å². The Morgan fingerprint density at radius 2 is 0.652 bits per heavy atom. The topological polar surface area (TPSA) is 189 Å². The summed E-state index contributed by atoms with van der Waals surface area (Å²) in [4.78, 5) is 13.3. The molecule has 1 heterocycles. The van der Waals surface area contributed by atoms with Gasteiger partial charge in [-0.1, -0.05) is 386 Å². The van der Waals surface area contributed by atoms with Crippen LogP contribution in [0.2, 0.25) is 0 Å². The monoisotopic (exact) mass is 1260 g/mol. The molecular formula is C78H153NO10. The molecule has 0 bridgehead atoms. The summed E-state index contributed by atoms with van der Waals surface area (Å²) in [6.07, 6.45) is 73.2. The molecule has 0 aromatic rings. The van der Waals surface area contributed by atoms with Gasteiger partial charge in [0.05, 0.1) is 25.4 Å². The standard InChI is InChI=1S/C78H153NO10/c1-3-5-7-9-11-13-15-17-19-21-23-25-27-29-31-32-33-34-35-36-37-38-39-40-42-44-46-48-50-52-54-56-58-60-62-64-66-71(82)77(87)79-69(68-88-78-76(86)75(85)74(84)72(67-80)89-78)73(83)70(81)65-63-61-59-57-55-53-51-49-47-45-43-41-30-28-26-24-22-20-18-16-14-12-10-8-6-4-2/h34-35,69-76,78,80-86H,3-33,36-68H2,1-2H3,(H,79,87)/b35-34-. The van der Waals surface area contributed by atoms with Crippen molar-refractivity contribution >= 4 is 5.91 Å². The maximum absolute atomic E-state index is 13.3. The number of allylic oxidation sites excluding steroid dienone is 2. The van der Waals surface area contributed by atoms with E-state index in [1.54, 1.807) is 0 Å². The Hall–Kier alpha value is -1.15. The van der Waals surface area contributed by atoms with Crippen LogP contribution in [-0.4, -0.2) is 110 Å². The van der Waals surface area contributed by atoms with Crippen molar-refractivity contribution in [3.63, 3.8) is 0 Å². The van der Waals surface area contributed by atoms with Crippen LogP contribution in [-0.2, 0) is 14.3 Å². The minimum absolute atomic E-state index is 0.265. The Balaban J connectivity index is 2.12. The van der Waals surface area contributed by atoms with Crippen molar-refractivity contribution < 1.29 is 50.0 Å². The fourth-order valence-corrected chi connectivity index (χ4v) is 13.3. The molecule has 1 saturated heterocycles. The van der Waals surface area contributed by atoms with Gasteiger partial charge in [-0.25, -0.2) is 0 Å². The molecule has 1 aliphatic rings. The number of rotatable bonds is 71. The van der Waals surface area contributed by atoms with Crippen LogP contribution in [0.3, 0.4) is 0 Å². The fraction of sp³-hybridized carbons (Fsp3) is 0.962. The molecule has 89 heavy (non-hydrogen) atoms. The van der Waals surface area contributed by atoms with Crippen LogP contribution in [0.1, 0.15) is 412 Å². The van der Waals surface area contributed by atoms with Crippen molar-refractivity contribution in [2.24, 2.45) is 0 Å². The zero-order valence-corrected chi connectivity index (χ0v) is 59.0. The highest BCUT2D eigenvalue weighted by Crippen LogP contribution is 2.25. The van der Waals surface area contributed by atoms with Gasteiger partial charge in [-0.15, -0.1) is 0 Å². The van der Waals surface area contributed by atoms with E-state index in [0.717, 1.165) is 38.5 Å². The normalized spacial score (nSPS) is 18.5. The first-order chi connectivity index (χ1) is 43.7. The van der Waals surface area contributed by atoms with E-state index in [9.17, 15) is 40.5 Å². The van der Waals surface area contributed by atoms with Crippen molar-refractivity contribution in [2.45, 2.75) is 467 Å². The zero-order valence-electron chi connectivity index (χ0n) is 59.0. The van der Waals surface area contributed by atoms with Gasteiger partial charge in [0.15, 0.2) is 6.29 Å². The summed E-state index contributed by atoms with van der Waals surface area (Å²) in [7, 11) is 0. The number of carbonyl (C=O) groups is 1. The van der Waals surface area contributed by atoms with E-state index < -0.39 is 74.2 Å². The smallest absolute Gasteiger partial charge is 0.249 e. The molecule has 0 saturated carbocycles. The summed E-state index contributed by atoms with van der Waals surface area (Å²) in [5, 5.41) is 76.7. The van der Waals surface area contributed by atoms with E-state index in [2.05, 4.69) is 31.3 Å². The van der Waals surface area contributed by atoms with Crippen molar-refractivity contribution in [1.29, 1.82) is 0 Å². The van der Waals surface area contributed by atoms with E-state index >= 15 is 0 Å². The largest absolute Gasteiger partial charge is 0.394 e. The van der Waals surface area contributed by atoms with E-state index in [4.69, 9.17) is 9.47 Å². The lowest BCUT2D eigenvalue weighted by atomic mass is 9.98. The molecule has 1 fully saturated rings. The molecule has 0 aliphatic carbocycles. The molecule has 530 valence electrons. The molecule has 0 radical (unpaired) electrons. The van der Waals surface area contributed by atoms with E-state index in [1.807, 2.05) is 0 Å². The number of hydrogen-bond acceptors (Lipinski definition) is 10. The lowest BCUT2D eigenvalue weighted by molar-refractivity contribution is -0.303. The SMILES string of the molecule is CCCCCCCCCCCCCCCCCC/C=C\CCCCCCCCCCCCCCCCCCC(O)C(=O)NC(COC1OC(CO)C(O)C(O)C1O)C(O)C(O)CCCCCCCCCCCCCCCCCCCCCCCCCCCC. The highest BCUT2D eigenvalue weighted by Gasteiger charge is 2.44. The Kier molecular flexibility index (Phi) is 64.5. The molecule has 11 heteroatoms. The summed E-state index contributed by atoms with van der Waals surface area (Å²) in [6.45, 7) is 3.54. The minimum atomic E-state index is -1.66. The van der Waals surface area contributed by atoms with Gasteiger partial charge in [0.1, 0.15) is 36.6 Å². The molecule has 8 N–H and O–H groups in total. The van der Waals surface area contributed by atoms with Gasteiger partial charge in [-0.3, -0.25) is 4.79 Å². The van der Waals surface area contributed by atoms with Gasteiger partial charge in [-0.2, -0.15) is 0 Å². The fourth-order valence-electron chi connectivity index (χ4n) is 13.3. The van der Waals surface area contributed by atoms with Crippen LogP contribution in [0.15, 0.2) is 12.2 Å². The van der Waals surface area contributed by atoms with Gasteiger partial charge in [0.2, 0.25) is 5.91 Å². The predicted molar refractivity (Wildman–Crippen MR) is 376 cm³/mol. The van der Waals surface area contributed by atoms with E-state index in [-0.39, 0.29) is 6.42 Å². The maximum atomic E-state index is 13.3. The Morgan fingerprint density at radius 3 is 0.944 bits per heavy atom. The second kappa shape index (κ2) is 66.9. The number of carbonyl (C=O) groups excluding carboxylic acids is 1. The number of aliphatic hydroxyl groups excluding tert-OH is 7. The Labute approximate surface area is 551 Å². The van der Waals surface area contributed by atoms with Gasteiger partial charge < -0.3 is 50.5 Å². The van der Waals surface area contributed by atoms with Gasteiger partial charge in [0.25, 0.3) is 0 Å². The third-order valence-electron chi connectivity index (χ3n) is 19.6. The van der Waals surface area contributed by atoms with Crippen molar-refractivity contribution in [3.05, 3.63) is 12.2 Å². The molecule has 11 nitrogen and oxygen atoms in total. The average Bonchev–Trinajstić information content (AvgIpc) is 1.73. The number of aliphatic hydroxyl groups is 7. The number of hydrogen-bond donors (Lipinski definition) is 8. The van der Waals surface area contributed by atoms with Crippen LogP contribution >= 0.6 is 0 Å².